The molecule has 0 amide bonds. The molecule has 0 fully saturated rings. The zero-order valence-corrected chi connectivity index (χ0v) is 11.9. The van der Waals surface area contributed by atoms with Gasteiger partial charge in [-0.25, -0.2) is 4.39 Å². The number of likely N-dealkylation sites (N-methyl/N-ethyl adjacent to an activating group) is 1. The molecule has 96 valence electrons. The predicted octanol–water partition coefficient (Wildman–Crippen LogP) is 4.62. The third-order valence-corrected chi connectivity index (χ3v) is 3.66. The van der Waals surface area contributed by atoms with Crippen molar-refractivity contribution >= 4 is 23.2 Å². The SMILES string of the molecule is CCNC(CC)C(C)c1cc(F)c(Cl)cc1Cl. The normalized spacial score (nSPS) is 14.7. The molecule has 1 aromatic rings. The fourth-order valence-corrected chi connectivity index (χ4v) is 2.60. The fourth-order valence-electron chi connectivity index (χ4n) is 2.04. The first-order chi connectivity index (χ1) is 8.01. The average molecular weight is 278 g/mol. The first-order valence-electron chi connectivity index (χ1n) is 5.89. The van der Waals surface area contributed by atoms with E-state index in [0.717, 1.165) is 18.5 Å². The van der Waals surface area contributed by atoms with Crippen LogP contribution in [0.15, 0.2) is 12.1 Å². The van der Waals surface area contributed by atoms with E-state index in [0.29, 0.717) is 5.02 Å². The van der Waals surface area contributed by atoms with Gasteiger partial charge in [-0.05, 0) is 36.6 Å². The van der Waals surface area contributed by atoms with Crippen LogP contribution in [0.2, 0.25) is 10.0 Å². The molecule has 1 N–H and O–H groups in total. The summed E-state index contributed by atoms with van der Waals surface area (Å²) < 4.78 is 13.5. The van der Waals surface area contributed by atoms with Crippen molar-refractivity contribution in [2.24, 2.45) is 0 Å². The summed E-state index contributed by atoms with van der Waals surface area (Å²) in [6, 6.07) is 3.20. The Morgan fingerprint density at radius 3 is 2.41 bits per heavy atom. The predicted molar refractivity (Wildman–Crippen MR) is 72.6 cm³/mol. The van der Waals surface area contributed by atoms with Gasteiger partial charge in [0.1, 0.15) is 5.82 Å². The lowest BCUT2D eigenvalue weighted by atomic mass is 9.91. The Balaban J connectivity index is 3.02. The van der Waals surface area contributed by atoms with E-state index in [1.54, 1.807) is 0 Å². The summed E-state index contributed by atoms with van der Waals surface area (Å²) in [5.74, 6) is -0.261. The molecule has 1 aromatic carbocycles. The standard InChI is InChI=1S/C13H18Cl2FN/c1-4-13(17-5-2)8(3)9-6-12(16)11(15)7-10(9)14/h6-8,13,17H,4-5H2,1-3H3. The van der Waals surface area contributed by atoms with E-state index in [1.165, 1.54) is 12.1 Å². The molecule has 4 heteroatoms. The molecule has 17 heavy (non-hydrogen) atoms. The Morgan fingerprint density at radius 1 is 1.24 bits per heavy atom. The second-order valence-electron chi connectivity index (χ2n) is 4.15. The van der Waals surface area contributed by atoms with Crippen molar-refractivity contribution in [3.05, 3.63) is 33.6 Å². The molecule has 0 heterocycles. The lowest BCUT2D eigenvalue weighted by molar-refractivity contribution is 0.447. The summed E-state index contributed by atoms with van der Waals surface area (Å²) in [4.78, 5) is 0. The summed E-state index contributed by atoms with van der Waals surface area (Å²) in [6.45, 7) is 7.09. The highest BCUT2D eigenvalue weighted by Crippen LogP contribution is 2.32. The third kappa shape index (κ3) is 3.57. The van der Waals surface area contributed by atoms with Crippen LogP contribution in [-0.4, -0.2) is 12.6 Å². The first kappa shape index (κ1) is 14.7. The number of nitrogens with one attached hydrogen (secondary N) is 1. The van der Waals surface area contributed by atoms with Gasteiger partial charge in [-0.3, -0.25) is 0 Å². The van der Waals surface area contributed by atoms with Crippen LogP contribution in [0.1, 0.15) is 38.7 Å². The molecule has 1 rings (SSSR count). The van der Waals surface area contributed by atoms with Crippen molar-refractivity contribution in [2.45, 2.75) is 39.2 Å². The first-order valence-corrected chi connectivity index (χ1v) is 6.64. The highest BCUT2D eigenvalue weighted by atomic mass is 35.5. The minimum atomic E-state index is -0.413. The maximum atomic E-state index is 13.5. The maximum absolute atomic E-state index is 13.5. The summed E-state index contributed by atoms with van der Waals surface area (Å²) in [5, 5.41) is 3.98. The van der Waals surface area contributed by atoms with Crippen molar-refractivity contribution in [1.82, 2.24) is 5.32 Å². The number of hydrogen-bond donors (Lipinski definition) is 1. The largest absolute Gasteiger partial charge is 0.314 e. The lowest BCUT2D eigenvalue weighted by Crippen LogP contribution is -2.33. The summed E-state index contributed by atoms with van der Waals surface area (Å²) in [7, 11) is 0. The van der Waals surface area contributed by atoms with E-state index >= 15 is 0 Å². The molecule has 2 atom stereocenters. The second kappa shape index (κ2) is 6.58. The molecule has 2 unspecified atom stereocenters. The molecule has 0 aliphatic carbocycles. The van der Waals surface area contributed by atoms with Crippen LogP contribution in [0, 0.1) is 5.82 Å². The van der Waals surface area contributed by atoms with Crippen LogP contribution in [0.4, 0.5) is 4.39 Å². The zero-order chi connectivity index (χ0) is 13.0. The van der Waals surface area contributed by atoms with Gasteiger partial charge in [0, 0.05) is 11.1 Å². The van der Waals surface area contributed by atoms with Gasteiger partial charge in [-0.15, -0.1) is 0 Å². The molecule has 0 aliphatic heterocycles. The van der Waals surface area contributed by atoms with Gasteiger partial charge >= 0.3 is 0 Å². The summed E-state index contributed by atoms with van der Waals surface area (Å²) >= 11 is 11.8. The second-order valence-corrected chi connectivity index (χ2v) is 4.96. The minimum absolute atomic E-state index is 0.0717. The lowest BCUT2D eigenvalue weighted by Gasteiger charge is -2.25. The van der Waals surface area contributed by atoms with Gasteiger partial charge in [-0.1, -0.05) is 44.0 Å². The van der Waals surface area contributed by atoms with Gasteiger partial charge in [0.2, 0.25) is 0 Å². The van der Waals surface area contributed by atoms with E-state index < -0.39 is 5.82 Å². The monoisotopic (exact) mass is 277 g/mol. The third-order valence-electron chi connectivity index (χ3n) is 3.04. The van der Waals surface area contributed by atoms with E-state index in [2.05, 4.69) is 19.2 Å². The van der Waals surface area contributed by atoms with Crippen LogP contribution in [0.25, 0.3) is 0 Å². The number of halogens is 3. The van der Waals surface area contributed by atoms with Crippen molar-refractivity contribution < 1.29 is 4.39 Å². The molecule has 1 nitrogen and oxygen atoms in total. The van der Waals surface area contributed by atoms with Gasteiger partial charge in [0.25, 0.3) is 0 Å². The molecule has 0 aromatic heterocycles. The molecule has 0 aliphatic rings. The molecular weight excluding hydrogens is 260 g/mol. The Bertz CT molecular complexity index is 382. The van der Waals surface area contributed by atoms with E-state index in [-0.39, 0.29) is 17.0 Å². The van der Waals surface area contributed by atoms with Crippen molar-refractivity contribution in [3.8, 4) is 0 Å². The van der Waals surface area contributed by atoms with Gasteiger partial charge in [-0.2, -0.15) is 0 Å². The van der Waals surface area contributed by atoms with Crippen LogP contribution in [0.5, 0.6) is 0 Å². The van der Waals surface area contributed by atoms with Gasteiger partial charge < -0.3 is 5.32 Å². The topological polar surface area (TPSA) is 12.0 Å². The summed E-state index contributed by atoms with van der Waals surface area (Å²) in [5.41, 5.74) is 0.807. The highest BCUT2D eigenvalue weighted by Gasteiger charge is 2.20. The van der Waals surface area contributed by atoms with E-state index in [1.807, 2.05) is 6.92 Å². The number of benzene rings is 1. The fraction of sp³-hybridized carbons (Fsp3) is 0.538. The molecule has 0 radical (unpaired) electrons. The maximum Gasteiger partial charge on any atom is 0.142 e. The molecular formula is C13H18Cl2FN. The molecule has 0 saturated heterocycles. The van der Waals surface area contributed by atoms with Gasteiger partial charge in [0.05, 0.1) is 5.02 Å². The molecule has 0 spiro atoms. The quantitative estimate of drug-likeness (QED) is 0.775. The Morgan fingerprint density at radius 2 is 1.88 bits per heavy atom. The molecule has 0 saturated carbocycles. The zero-order valence-electron chi connectivity index (χ0n) is 10.4. The van der Waals surface area contributed by atoms with E-state index in [9.17, 15) is 4.39 Å². The Hall–Kier alpha value is -0.310. The highest BCUT2D eigenvalue weighted by molar-refractivity contribution is 6.35. The van der Waals surface area contributed by atoms with Crippen LogP contribution in [-0.2, 0) is 0 Å². The number of hydrogen-bond acceptors (Lipinski definition) is 1. The van der Waals surface area contributed by atoms with Crippen LogP contribution < -0.4 is 5.32 Å². The van der Waals surface area contributed by atoms with Crippen molar-refractivity contribution in [1.29, 1.82) is 0 Å². The Labute approximate surface area is 112 Å². The molecule has 0 bridgehead atoms. The Kier molecular flexibility index (Phi) is 5.71. The minimum Gasteiger partial charge on any atom is -0.314 e. The van der Waals surface area contributed by atoms with Crippen molar-refractivity contribution in [3.63, 3.8) is 0 Å². The van der Waals surface area contributed by atoms with Crippen LogP contribution >= 0.6 is 23.2 Å². The summed E-state index contributed by atoms with van der Waals surface area (Å²) in [6.07, 6.45) is 0.968. The number of rotatable bonds is 5. The smallest absolute Gasteiger partial charge is 0.142 e. The van der Waals surface area contributed by atoms with Crippen LogP contribution in [0.3, 0.4) is 0 Å². The average Bonchev–Trinajstić information content (AvgIpc) is 2.30. The van der Waals surface area contributed by atoms with Gasteiger partial charge in [0.15, 0.2) is 0 Å². The van der Waals surface area contributed by atoms with Crippen molar-refractivity contribution in [2.75, 3.05) is 6.54 Å². The van der Waals surface area contributed by atoms with E-state index in [4.69, 9.17) is 23.2 Å².